The SMILES string of the molecule is C1CNCCN1.O=C(O)C1CCCCC1C(=O)O. The van der Waals surface area contributed by atoms with E-state index in [9.17, 15) is 9.59 Å². The topological polar surface area (TPSA) is 98.7 Å². The first kappa shape index (κ1) is 14.9. The quantitative estimate of drug-likeness (QED) is 0.562. The van der Waals surface area contributed by atoms with Gasteiger partial charge >= 0.3 is 11.9 Å². The van der Waals surface area contributed by atoms with Crippen molar-refractivity contribution in [2.45, 2.75) is 25.7 Å². The third kappa shape index (κ3) is 5.01. The number of aliphatic carboxylic acids is 2. The molecular formula is C12H22N2O4. The number of carbonyl (C=O) groups is 2. The lowest BCUT2D eigenvalue weighted by molar-refractivity contribution is -0.155. The van der Waals surface area contributed by atoms with Crippen LogP contribution in [-0.4, -0.2) is 48.3 Å². The number of piperazine rings is 1. The standard InChI is InChI=1S/C8H12O4.C4H10N2/c9-7(10)5-3-1-2-4-6(5)8(11)12;1-2-6-4-3-5-1/h5-6H,1-4H2,(H,9,10)(H,11,12);5-6H,1-4H2. The zero-order chi connectivity index (χ0) is 13.4. The van der Waals surface area contributed by atoms with E-state index in [1.807, 2.05) is 0 Å². The molecule has 4 N–H and O–H groups in total. The predicted octanol–water partition coefficient (Wildman–Crippen LogP) is 0.141. The molecule has 0 aromatic carbocycles. The molecule has 1 saturated heterocycles. The lowest BCUT2D eigenvalue weighted by Gasteiger charge is -2.24. The highest BCUT2D eigenvalue weighted by Crippen LogP contribution is 2.30. The summed E-state index contributed by atoms with van der Waals surface area (Å²) >= 11 is 0. The van der Waals surface area contributed by atoms with Gasteiger partial charge in [-0.2, -0.15) is 0 Å². The Labute approximate surface area is 107 Å². The van der Waals surface area contributed by atoms with Crippen LogP contribution in [0.5, 0.6) is 0 Å². The van der Waals surface area contributed by atoms with E-state index in [0.29, 0.717) is 12.8 Å². The first-order valence-corrected chi connectivity index (χ1v) is 6.50. The van der Waals surface area contributed by atoms with E-state index in [2.05, 4.69) is 10.6 Å². The maximum Gasteiger partial charge on any atom is 0.307 e. The van der Waals surface area contributed by atoms with Crippen LogP contribution in [0.1, 0.15) is 25.7 Å². The van der Waals surface area contributed by atoms with Crippen molar-refractivity contribution in [2.24, 2.45) is 11.8 Å². The van der Waals surface area contributed by atoms with Crippen molar-refractivity contribution in [2.75, 3.05) is 26.2 Å². The summed E-state index contributed by atoms with van der Waals surface area (Å²) in [5.41, 5.74) is 0. The van der Waals surface area contributed by atoms with E-state index in [1.54, 1.807) is 0 Å². The lowest BCUT2D eigenvalue weighted by atomic mass is 9.79. The van der Waals surface area contributed by atoms with Crippen molar-refractivity contribution in [3.8, 4) is 0 Å². The van der Waals surface area contributed by atoms with Gasteiger partial charge in [0.15, 0.2) is 0 Å². The fraction of sp³-hybridized carbons (Fsp3) is 0.833. The number of carboxylic acid groups (broad SMARTS) is 2. The van der Waals surface area contributed by atoms with E-state index in [-0.39, 0.29) is 0 Å². The number of hydrogen-bond acceptors (Lipinski definition) is 4. The summed E-state index contributed by atoms with van der Waals surface area (Å²) < 4.78 is 0. The Hall–Kier alpha value is -1.14. The van der Waals surface area contributed by atoms with Crippen molar-refractivity contribution in [3.63, 3.8) is 0 Å². The molecule has 2 aliphatic rings. The molecule has 18 heavy (non-hydrogen) atoms. The minimum Gasteiger partial charge on any atom is -0.481 e. The molecule has 0 aromatic rings. The molecule has 0 radical (unpaired) electrons. The third-order valence-electron chi connectivity index (χ3n) is 3.36. The van der Waals surface area contributed by atoms with Crippen LogP contribution in [0.25, 0.3) is 0 Å². The zero-order valence-electron chi connectivity index (χ0n) is 10.5. The fourth-order valence-corrected chi connectivity index (χ4v) is 2.33. The van der Waals surface area contributed by atoms with Crippen molar-refractivity contribution in [3.05, 3.63) is 0 Å². The molecule has 1 aliphatic heterocycles. The normalized spacial score (nSPS) is 27.8. The highest BCUT2D eigenvalue weighted by molar-refractivity contribution is 5.80. The van der Waals surface area contributed by atoms with E-state index in [1.165, 1.54) is 0 Å². The summed E-state index contributed by atoms with van der Waals surface area (Å²) in [7, 11) is 0. The monoisotopic (exact) mass is 258 g/mol. The molecule has 2 unspecified atom stereocenters. The summed E-state index contributed by atoms with van der Waals surface area (Å²) in [6, 6.07) is 0. The van der Waals surface area contributed by atoms with Crippen molar-refractivity contribution < 1.29 is 19.8 Å². The molecule has 2 fully saturated rings. The first-order chi connectivity index (χ1) is 8.63. The molecule has 0 aromatic heterocycles. The second kappa shape index (κ2) is 8.05. The predicted molar refractivity (Wildman–Crippen MR) is 66.5 cm³/mol. The van der Waals surface area contributed by atoms with Gasteiger partial charge in [-0.1, -0.05) is 12.8 Å². The first-order valence-electron chi connectivity index (χ1n) is 6.50. The van der Waals surface area contributed by atoms with Crippen molar-refractivity contribution >= 4 is 11.9 Å². The maximum absolute atomic E-state index is 10.6. The van der Waals surface area contributed by atoms with Gasteiger partial charge in [-0.3, -0.25) is 9.59 Å². The fourth-order valence-electron chi connectivity index (χ4n) is 2.33. The number of hydrogen-bond donors (Lipinski definition) is 4. The molecule has 6 heteroatoms. The Bertz CT molecular complexity index is 246. The van der Waals surface area contributed by atoms with Gasteiger partial charge in [0.1, 0.15) is 0 Å². The van der Waals surface area contributed by atoms with Crippen molar-refractivity contribution in [1.29, 1.82) is 0 Å². The van der Waals surface area contributed by atoms with Crippen LogP contribution >= 0.6 is 0 Å². The summed E-state index contributed by atoms with van der Waals surface area (Å²) in [4.78, 5) is 21.2. The third-order valence-corrected chi connectivity index (χ3v) is 3.36. The van der Waals surface area contributed by atoms with E-state index in [0.717, 1.165) is 39.0 Å². The Morgan fingerprint density at radius 3 is 1.33 bits per heavy atom. The number of carboxylic acids is 2. The Morgan fingerprint density at radius 1 is 0.778 bits per heavy atom. The van der Waals surface area contributed by atoms with Crippen LogP contribution in [0.15, 0.2) is 0 Å². The summed E-state index contributed by atoms with van der Waals surface area (Å²) in [5.74, 6) is -3.28. The molecule has 1 aliphatic carbocycles. The van der Waals surface area contributed by atoms with Gasteiger partial charge in [0, 0.05) is 26.2 Å². The number of rotatable bonds is 2. The van der Waals surface area contributed by atoms with Gasteiger partial charge in [-0.15, -0.1) is 0 Å². The van der Waals surface area contributed by atoms with Crippen LogP contribution < -0.4 is 10.6 Å². The minimum atomic E-state index is -0.970. The summed E-state index contributed by atoms with van der Waals surface area (Å²) in [6.45, 7) is 4.56. The summed E-state index contributed by atoms with van der Waals surface area (Å²) in [6.07, 6.45) is 2.68. The molecule has 0 bridgehead atoms. The molecule has 6 nitrogen and oxygen atoms in total. The van der Waals surface area contributed by atoms with Gasteiger partial charge in [0.05, 0.1) is 11.8 Å². The minimum absolute atomic E-state index is 0.506. The summed E-state index contributed by atoms with van der Waals surface area (Å²) in [5, 5.41) is 23.8. The van der Waals surface area contributed by atoms with Gasteiger partial charge in [-0.25, -0.2) is 0 Å². The van der Waals surface area contributed by atoms with Gasteiger partial charge in [0.2, 0.25) is 0 Å². The molecule has 2 rings (SSSR count). The van der Waals surface area contributed by atoms with Crippen LogP contribution in [-0.2, 0) is 9.59 Å². The van der Waals surface area contributed by atoms with Crippen LogP contribution in [0, 0.1) is 11.8 Å². The average molecular weight is 258 g/mol. The van der Waals surface area contributed by atoms with Crippen molar-refractivity contribution in [1.82, 2.24) is 10.6 Å². The van der Waals surface area contributed by atoms with Crippen LogP contribution in [0.2, 0.25) is 0 Å². The maximum atomic E-state index is 10.6. The molecule has 1 heterocycles. The molecule has 104 valence electrons. The Kier molecular flexibility index (Phi) is 6.67. The highest BCUT2D eigenvalue weighted by atomic mass is 16.4. The van der Waals surface area contributed by atoms with Gasteiger partial charge in [-0.05, 0) is 12.8 Å². The molecule has 0 spiro atoms. The Balaban J connectivity index is 0.000000225. The second-order valence-corrected chi connectivity index (χ2v) is 4.67. The lowest BCUT2D eigenvalue weighted by Crippen LogP contribution is -2.39. The largest absolute Gasteiger partial charge is 0.481 e. The van der Waals surface area contributed by atoms with E-state index < -0.39 is 23.8 Å². The van der Waals surface area contributed by atoms with E-state index >= 15 is 0 Å². The van der Waals surface area contributed by atoms with Gasteiger partial charge < -0.3 is 20.8 Å². The highest BCUT2D eigenvalue weighted by Gasteiger charge is 2.35. The average Bonchev–Trinajstić information content (AvgIpc) is 2.41. The van der Waals surface area contributed by atoms with E-state index in [4.69, 9.17) is 10.2 Å². The number of nitrogens with one attached hydrogen (secondary N) is 2. The van der Waals surface area contributed by atoms with Gasteiger partial charge in [0.25, 0.3) is 0 Å². The molecule has 2 atom stereocenters. The zero-order valence-corrected chi connectivity index (χ0v) is 10.5. The molecular weight excluding hydrogens is 236 g/mol. The Morgan fingerprint density at radius 2 is 1.11 bits per heavy atom. The van der Waals surface area contributed by atoms with Crippen LogP contribution in [0.3, 0.4) is 0 Å². The molecule has 1 saturated carbocycles. The smallest absolute Gasteiger partial charge is 0.307 e. The second-order valence-electron chi connectivity index (χ2n) is 4.67. The molecule has 0 amide bonds. The van der Waals surface area contributed by atoms with Crippen LogP contribution in [0.4, 0.5) is 0 Å².